The largest absolute Gasteiger partial charge is 0.497 e. The normalized spacial score (nSPS) is 23.9. The Balaban J connectivity index is 1.48. The fourth-order valence-electron chi connectivity index (χ4n) is 4.35. The molecule has 2 aliphatic heterocycles. The number of methoxy groups -OCH3 is 1. The Morgan fingerprint density at radius 1 is 1.21 bits per heavy atom. The van der Waals surface area contributed by atoms with E-state index in [0.717, 1.165) is 25.1 Å². The Morgan fingerprint density at radius 2 is 2.04 bits per heavy atom. The first kappa shape index (κ1) is 18.7. The van der Waals surface area contributed by atoms with E-state index in [0.29, 0.717) is 12.3 Å². The second-order valence-corrected chi connectivity index (χ2v) is 7.36. The van der Waals surface area contributed by atoms with E-state index < -0.39 is 0 Å². The van der Waals surface area contributed by atoms with Crippen LogP contribution in [0, 0.1) is 5.82 Å². The fourth-order valence-corrected chi connectivity index (χ4v) is 4.35. The first-order valence-corrected chi connectivity index (χ1v) is 9.71. The molecule has 0 aromatic heterocycles. The maximum Gasteiger partial charge on any atom is 0.260 e. The van der Waals surface area contributed by atoms with E-state index in [1.165, 1.54) is 29.8 Å². The average molecular weight is 384 g/mol. The van der Waals surface area contributed by atoms with E-state index in [1.807, 2.05) is 17.0 Å². The summed E-state index contributed by atoms with van der Waals surface area (Å²) < 4.78 is 24.0. The predicted octanol–water partition coefficient (Wildman–Crippen LogP) is 2.96. The molecule has 0 spiro atoms. The lowest BCUT2D eigenvalue weighted by molar-refractivity contribution is -0.134. The highest BCUT2D eigenvalue weighted by Crippen LogP contribution is 2.37. The molecule has 0 unspecified atom stereocenters. The van der Waals surface area contributed by atoms with Gasteiger partial charge >= 0.3 is 0 Å². The van der Waals surface area contributed by atoms with Crippen LogP contribution in [0.1, 0.15) is 24.3 Å². The lowest BCUT2D eigenvalue weighted by Crippen LogP contribution is -2.50. The number of hydrogen-bond donors (Lipinski definition) is 1. The predicted molar refractivity (Wildman–Crippen MR) is 104 cm³/mol. The number of benzene rings is 2. The zero-order valence-corrected chi connectivity index (χ0v) is 15.9. The average Bonchev–Trinajstić information content (AvgIpc) is 3.13. The second kappa shape index (κ2) is 8.19. The highest BCUT2D eigenvalue weighted by Gasteiger charge is 2.45. The maximum absolute atomic E-state index is 13.0. The summed E-state index contributed by atoms with van der Waals surface area (Å²) in [5.74, 6) is 1.19. The number of nitrogens with one attached hydrogen (secondary N) is 1. The van der Waals surface area contributed by atoms with Crippen molar-refractivity contribution in [1.29, 1.82) is 0 Å². The number of fused-ring (bicyclic) bond motifs is 1. The van der Waals surface area contributed by atoms with Crippen LogP contribution in [0.2, 0.25) is 0 Å². The van der Waals surface area contributed by atoms with E-state index in [4.69, 9.17) is 9.47 Å². The van der Waals surface area contributed by atoms with Crippen molar-refractivity contribution in [3.05, 3.63) is 59.9 Å². The van der Waals surface area contributed by atoms with Crippen LogP contribution >= 0.6 is 0 Å². The molecular weight excluding hydrogens is 359 g/mol. The number of piperidine rings is 1. The molecule has 2 aliphatic rings. The highest BCUT2D eigenvalue weighted by atomic mass is 19.1. The van der Waals surface area contributed by atoms with Gasteiger partial charge in [-0.15, -0.1) is 0 Å². The second-order valence-electron chi connectivity index (χ2n) is 7.36. The highest BCUT2D eigenvalue weighted by molar-refractivity contribution is 5.79. The van der Waals surface area contributed by atoms with Gasteiger partial charge in [0.2, 0.25) is 0 Å². The minimum absolute atomic E-state index is 0.0339. The molecule has 1 amide bonds. The molecule has 3 atom stereocenters. The van der Waals surface area contributed by atoms with Crippen LogP contribution in [-0.2, 0) is 4.79 Å². The molecular formula is C22H25FN2O3. The fraction of sp³-hybridized carbons (Fsp3) is 0.409. The van der Waals surface area contributed by atoms with Crippen LogP contribution in [0.15, 0.2) is 48.5 Å². The first-order valence-electron chi connectivity index (χ1n) is 9.71. The standard InChI is InChI=1S/C22H25FN2O3/c1-27-18-5-2-4-15(12-18)19-13-25(20-6-3-11-24-22(19)20)21(26)14-28-17-9-7-16(23)8-10-17/h2,4-5,7-10,12,19-20,22,24H,3,6,11,13-14H2,1H3/t19-,20-,22-/m1/s1. The molecule has 148 valence electrons. The molecule has 2 saturated heterocycles. The van der Waals surface area contributed by atoms with Gasteiger partial charge in [0.15, 0.2) is 6.61 Å². The van der Waals surface area contributed by atoms with Crippen molar-refractivity contribution in [2.24, 2.45) is 0 Å². The van der Waals surface area contributed by atoms with Crippen LogP contribution < -0.4 is 14.8 Å². The Hall–Kier alpha value is -2.60. The minimum atomic E-state index is -0.324. The monoisotopic (exact) mass is 384 g/mol. The number of carbonyl (C=O) groups is 1. The van der Waals surface area contributed by atoms with Crippen molar-refractivity contribution in [1.82, 2.24) is 10.2 Å². The lowest BCUT2D eigenvalue weighted by Gasteiger charge is -2.33. The molecule has 2 heterocycles. The third-order valence-corrected chi connectivity index (χ3v) is 5.72. The Kier molecular flexibility index (Phi) is 5.48. The summed E-state index contributed by atoms with van der Waals surface area (Å²) >= 11 is 0. The van der Waals surface area contributed by atoms with Crippen molar-refractivity contribution in [2.75, 3.05) is 26.8 Å². The van der Waals surface area contributed by atoms with Crippen molar-refractivity contribution in [3.8, 4) is 11.5 Å². The smallest absolute Gasteiger partial charge is 0.260 e. The minimum Gasteiger partial charge on any atom is -0.497 e. The lowest BCUT2D eigenvalue weighted by atomic mass is 9.87. The molecule has 0 aliphatic carbocycles. The number of likely N-dealkylation sites (tertiary alicyclic amines) is 1. The molecule has 4 rings (SSSR count). The third-order valence-electron chi connectivity index (χ3n) is 5.72. The van der Waals surface area contributed by atoms with E-state index in [9.17, 15) is 9.18 Å². The zero-order chi connectivity index (χ0) is 19.5. The van der Waals surface area contributed by atoms with Crippen molar-refractivity contribution in [2.45, 2.75) is 30.8 Å². The molecule has 28 heavy (non-hydrogen) atoms. The number of hydrogen-bond acceptors (Lipinski definition) is 4. The van der Waals surface area contributed by atoms with Gasteiger partial charge in [0.25, 0.3) is 5.91 Å². The number of nitrogens with zero attached hydrogens (tertiary/aromatic N) is 1. The van der Waals surface area contributed by atoms with Gasteiger partial charge in [0, 0.05) is 24.5 Å². The van der Waals surface area contributed by atoms with Gasteiger partial charge in [-0.1, -0.05) is 12.1 Å². The Labute approximate surface area is 164 Å². The van der Waals surface area contributed by atoms with Gasteiger partial charge in [-0.05, 0) is 61.3 Å². The quantitative estimate of drug-likeness (QED) is 0.861. The van der Waals surface area contributed by atoms with Crippen LogP contribution in [0.3, 0.4) is 0 Å². The first-order chi connectivity index (χ1) is 13.7. The molecule has 5 nitrogen and oxygen atoms in total. The van der Waals surface area contributed by atoms with Crippen LogP contribution in [0.25, 0.3) is 0 Å². The topological polar surface area (TPSA) is 50.8 Å². The summed E-state index contributed by atoms with van der Waals surface area (Å²) in [4.78, 5) is 14.9. The Bertz CT molecular complexity index is 827. The van der Waals surface area contributed by atoms with Gasteiger partial charge in [-0.25, -0.2) is 4.39 Å². The molecule has 0 radical (unpaired) electrons. The summed E-state index contributed by atoms with van der Waals surface area (Å²) in [7, 11) is 1.66. The molecule has 2 aromatic rings. The SMILES string of the molecule is COc1cccc([C@H]2CN(C(=O)COc3ccc(F)cc3)[C@@H]3CCCN[C@H]23)c1. The molecule has 1 N–H and O–H groups in total. The molecule has 2 fully saturated rings. The summed E-state index contributed by atoms with van der Waals surface area (Å²) in [5.41, 5.74) is 1.18. The summed E-state index contributed by atoms with van der Waals surface area (Å²) in [5, 5.41) is 3.61. The van der Waals surface area contributed by atoms with Gasteiger partial charge in [0.05, 0.1) is 7.11 Å². The molecule has 6 heteroatoms. The van der Waals surface area contributed by atoms with E-state index in [1.54, 1.807) is 7.11 Å². The van der Waals surface area contributed by atoms with Gasteiger partial charge < -0.3 is 19.7 Å². The van der Waals surface area contributed by atoms with E-state index in [-0.39, 0.29) is 36.3 Å². The van der Waals surface area contributed by atoms with Crippen molar-refractivity contribution in [3.63, 3.8) is 0 Å². The van der Waals surface area contributed by atoms with Crippen molar-refractivity contribution < 1.29 is 18.7 Å². The van der Waals surface area contributed by atoms with E-state index >= 15 is 0 Å². The molecule has 0 saturated carbocycles. The van der Waals surface area contributed by atoms with Crippen LogP contribution in [-0.4, -0.2) is 49.7 Å². The van der Waals surface area contributed by atoms with Crippen molar-refractivity contribution >= 4 is 5.91 Å². The zero-order valence-electron chi connectivity index (χ0n) is 15.9. The number of rotatable bonds is 5. The third kappa shape index (κ3) is 3.83. The van der Waals surface area contributed by atoms with Crippen LogP contribution in [0.5, 0.6) is 11.5 Å². The van der Waals surface area contributed by atoms with E-state index in [2.05, 4.69) is 17.4 Å². The summed E-state index contributed by atoms with van der Waals surface area (Å²) in [6.07, 6.45) is 2.04. The summed E-state index contributed by atoms with van der Waals surface area (Å²) in [6.45, 7) is 1.58. The summed E-state index contributed by atoms with van der Waals surface area (Å²) in [6, 6.07) is 14.2. The molecule has 2 aromatic carbocycles. The van der Waals surface area contributed by atoms with Gasteiger partial charge in [-0.2, -0.15) is 0 Å². The van der Waals surface area contributed by atoms with Gasteiger partial charge in [-0.3, -0.25) is 4.79 Å². The Morgan fingerprint density at radius 3 is 2.82 bits per heavy atom. The number of halogens is 1. The number of amides is 1. The maximum atomic E-state index is 13.0. The van der Waals surface area contributed by atoms with Gasteiger partial charge in [0.1, 0.15) is 17.3 Å². The molecule has 0 bridgehead atoms. The van der Waals surface area contributed by atoms with Crippen LogP contribution in [0.4, 0.5) is 4.39 Å². The number of carbonyl (C=O) groups excluding carboxylic acids is 1. The number of ether oxygens (including phenoxy) is 2.